The molecule has 0 atom stereocenters. The van der Waals surface area contributed by atoms with Gasteiger partial charge in [-0.1, -0.05) is 12.1 Å². The Labute approximate surface area is 172 Å². The SMILES string of the molecule is Cn1c(=O)c2c(ncn2CC(=O)Nc2ccc(CN3CCOCC3)cc2)n(C)c1=O. The molecule has 10 heteroatoms. The van der Waals surface area contributed by atoms with Gasteiger partial charge in [-0.3, -0.25) is 23.6 Å². The van der Waals surface area contributed by atoms with Crippen LogP contribution >= 0.6 is 0 Å². The minimum absolute atomic E-state index is 0.0839. The molecule has 3 heterocycles. The monoisotopic (exact) mass is 412 g/mol. The molecule has 2 aromatic heterocycles. The van der Waals surface area contributed by atoms with Crippen molar-refractivity contribution in [3.63, 3.8) is 0 Å². The summed E-state index contributed by atoms with van der Waals surface area (Å²) in [4.78, 5) is 43.5. The first kappa shape index (κ1) is 20.0. The van der Waals surface area contributed by atoms with E-state index in [0.29, 0.717) is 5.69 Å². The third-order valence-electron chi connectivity index (χ3n) is 5.28. The van der Waals surface area contributed by atoms with Crippen molar-refractivity contribution >= 4 is 22.8 Å². The molecule has 1 aliphatic heterocycles. The summed E-state index contributed by atoms with van der Waals surface area (Å²) in [5, 5.41) is 2.84. The second-order valence-electron chi connectivity index (χ2n) is 7.38. The van der Waals surface area contributed by atoms with E-state index in [0.717, 1.165) is 37.4 Å². The molecule has 0 radical (unpaired) electrons. The van der Waals surface area contributed by atoms with Gasteiger partial charge in [-0.25, -0.2) is 9.78 Å². The first-order chi connectivity index (χ1) is 14.4. The van der Waals surface area contributed by atoms with Crippen LogP contribution in [0.2, 0.25) is 0 Å². The Balaban J connectivity index is 1.45. The molecule has 1 aliphatic rings. The van der Waals surface area contributed by atoms with Gasteiger partial charge in [0.15, 0.2) is 11.2 Å². The highest BCUT2D eigenvalue weighted by Crippen LogP contribution is 2.13. The van der Waals surface area contributed by atoms with Crippen molar-refractivity contribution in [1.82, 2.24) is 23.6 Å². The van der Waals surface area contributed by atoms with Crippen molar-refractivity contribution in [3.05, 3.63) is 57.0 Å². The van der Waals surface area contributed by atoms with Gasteiger partial charge < -0.3 is 14.6 Å². The van der Waals surface area contributed by atoms with Crippen LogP contribution in [0.4, 0.5) is 5.69 Å². The number of imidazole rings is 1. The molecule has 1 aromatic carbocycles. The Hall–Kier alpha value is -3.24. The average molecular weight is 412 g/mol. The van der Waals surface area contributed by atoms with Crippen molar-refractivity contribution in [3.8, 4) is 0 Å². The summed E-state index contributed by atoms with van der Waals surface area (Å²) in [6.07, 6.45) is 1.40. The molecule has 158 valence electrons. The van der Waals surface area contributed by atoms with Crippen LogP contribution < -0.4 is 16.6 Å². The first-order valence-corrected chi connectivity index (χ1v) is 9.74. The number of hydrogen-bond donors (Lipinski definition) is 1. The maximum absolute atomic E-state index is 12.5. The number of rotatable bonds is 5. The molecular weight excluding hydrogens is 388 g/mol. The highest BCUT2D eigenvalue weighted by molar-refractivity contribution is 5.91. The summed E-state index contributed by atoms with van der Waals surface area (Å²) in [7, 11) is 2.94. The van der Waals surface area contributed by atoms with Crippen LogP contribution in [0.1, 0.15) is 5.56 Å². The van der Waals surface area contributed by atoms with E-state index < -0.39 is 11.2 Å². The number of aryl methyl sites for hydroxylation is 1. The smallest absolute Gasteiger partial charge is 0.332 e. The van der Waals surface area contributed by atoms with Gasteiger partial charge in [0.2, 0.25) is 5.91 Å². The zero-order valence-corrected chi connectivity index (χ0v) is 17.0. The number of morpholine rings is 1. The van der Waals surface area contributed by atoms with E-state index in [1.807, 2.05) is 24.3 Å². The molecule has 3 aromatic rings. The number of carbonyl (C=O) groups is 1. The Bertz CT molecular complexity index is 1180. The fourth-order valence-corrected chi connectivity index (χ4v) is 3.58. The lowest BCUT2D eigenvalue weighted by molar-refractivity contribution is -0.116. The Morgan fingerprint density at radius 3 is 2.50 bits per heavy atom. The molecule has 0 saturated carbocycles. The normalized spacial score (nSPS) is 14.9. The van der Waals surface area contributed by atoms with Gasteiger partial charge >= 0.3 is 5.69 Å². The number of nitrogens with zero attached hydrogens (tertiary/aromatic N) is 5. The third kappa shape index (κ3) is 3.91. The Kier molecular flexibility index (Phi) is 5.51. The van der Waals surface area contributed by atoms with E-state index in [-0.39, 0.29) is 23.6 Å². The second-order valence-corrected chi connectivity index (χ2v) is 7.38. The number of amides is 1. The fraction of sp³-hybridized carbons (Fsp3) is 0.400. The molecular formula is C20H24N6O4. The van der Waals surface area contributed by atoms with Crippen LogP contribution in [0.3, 0.4) is 0 Å². The molecule has 1 amide bonds. The van der Waals surface area contributed by atoms with Crippen molar-refractivity contribution in [2.24, 2.45) is 14.1 Å². The van der Waals surface area contributed by atoms with Gasteiger partial charge in [-0.15, -0.1) is 0 Å². The average Bonchev–Trinajstić information content (AvgIpc) is 3.16. The Morgan fingerprint density at radius 2 is 1.80 bits per heavy atom. The zero-order chi connectivity index (χ0) is 21.3. The summed E-state index contributed by atoms with van der Waals surface area (Å²) in [5.74, 6) is -0.286. The molecule has 4 rings (SSSR count). The van der Waals surface area contributed by atoms with Gasteiger partial charge in [0, 0.05) is 39.4 Å². The molecule has 0 aliphatic carbocycles. The number of aromatic nitrogens is 4. The van der Waals surface area contributed by atoms with Crippen LogP contribution in [0.15, 0.2) is 40.2 Å². The van der Waals surface area contributed by atoms with Crippen molar-refractivity contribution in [2.45, 2.75) is 13.1 Å². The van der Waals surface area contributed by atoms with Crippen LogP contribution in [0.25, 0.3) is 11.2 Å². The van der Waals surface area contributed by atoms with Gasteiger partial charge in [0.05, 0.1) is 19.5 Å². The summed E-state index contributed by atoms with van der Waals surface area (Å²) in [6, 6.07) is 7.71. The maximum atomic E-state index is 12.5. The lowest BCUT2D eigenvalue weighted by Gasteiger charge is -2.26. The molecule has 0 bridgehead atoms. The topological polar surface area (TPSA) is 103 Å². The number of benzene rings is 1. The van der Waals surface area contributed by atoms with Gasteiger partial charge in [0.1, 0.15) is 6.54 Å². The van der Waals surface area contributed by atoms with Crippen molar-refractivity contribution in [1.29, 1.82) is 0 Å². The second kappa shape index (κ2) is 8.25. The van der Waals surface area contributed by atoms with E-state index >= 15 is 0 Å². The highest BCUT2D eigenvalue weighted by Gasteiger charge is 2.16. The molecule has 0 unspecified atom stereocenters. The molecule has 30 heavy (non-hydrogen) atoms. The first-order valence-electron chi connectivity index (χ1n) is 9.74. The van der Waals surface area contributed by atoms with Crippen LogP contribution in [-0.2, 0) is 36.7 Å². The molecule has 1 N–H and O–H groups in total. The molecule has 10 nitrogen and oxygen atoms in total. The van der Waals surface area contributed by atoms with E-state index in [2.05, 4.69) is 15.2 Å². The van der Waals surface area contributed by atoms with Crippen LogP contribution in [0.5, 0.6) is 0 Å². The summed E-state index contributed by atoms with van der Waals surface area (Å²) in [5.41, 5.74) is 1.37. The number of nitrogens with one attached hydrogen (secondary N) is 1. The van der Waals surface area contributed by atoms with Gasteiger partial charge in [-0.05, 0) is 17.7 Å². The van der Waals surface area contributed by atoms with Crippen molar-refractivity contribution in [2.75, 3.05) is 31.6 Å². The summed E-state index contributed by atoms with van der Waals surface area (Å²) < 4.78 is 9.12. The Morgan fingerprint density at radius 1 is 1.10 bits per heavy atom. The lowest BCUT2D eigenvalue weighted by Crippen LogP contribution is -2.37. The van der Waals surface area contributed by atoms with Crippen molar-refractivity contribution < 1.29 is 9.53 Å². The van der Waals surface area contributed by atoms with Crippen LogP contribution in [-0.4, -0.2) is 55.8 Å². The lowest BCUT2D eigenvalue weighted by atomic mass is 10.2. The molecule has 0 spiro atoms. The molecule has 1 saturated heterocycles. The van der Waals surface area contributed by atoms with Crippen LogP contribution in [0, 0.1) is 0 Å². The number of ether oxygens (including phenoxy) is 1. The van der Waals surface area contributed by atoms with E-state index in [4.69, 9.17) is 4.74 Å². The van der Waals surface area contributed by atoms with E-state index in [1.54, 1.807) is 7.05 Å². The minimum Gasteiger partial charge on any atom is -0.379 e. The predicted molar refractivity (Wildman–Crippen MR) is 111 cm³/mol. The highest BCUT2D eigenvalue weighted by atomic mass is 16.5. The quantitative estimate of drug-likeness (QED) is 0.628. The summed E-state index contributed by atoms with van der Waals surface area (Å²) >= 11 is 0. The molecule has 1 fully saturated rings. The zero-order valence-electron chi connectivity index (χ0n) is 17.0. The largest absolute Gasteiger partial charge is 0.379 e. The number of anilines is 1. The predicted octanol–water partition coefficient (Wildman–Crippen LogP) is -0.0954. The van der Waals surface area contributed by atoms with Gasteiger partial charge in [0.25, 0.3) is 5.56 Å². The number of fused-ring (bicyclic) bond motifs is 1. The maximum Gasteiger partial charge on any atom is 0.332 e. The third-order valence-corrected chi connectivity index (χ3v) is 5.28. The summed E-state index contributed by atoms with van der Waals surface area (Å²) in [6.45, 7) is 4.12. The van der Waals surface area contributed by atoms with E-state index in [9.17, 15) is 14.4 Å². The van der Waals surface area contributed by atoms with Gasteiger partial charge in [-0.2, -0.15) is 0 Å². The number of hydrogen-bond acceptors (Lipinski definition) is 6. The number of carbonyl (C=O) groups excluding carboxylic acids is 1. The standard InChI is InChI=1S/C20H24N6O4/c1-23-18-17(19(28)24(2)20(23)29)26(13-21-18)12-16(27)22-15-5-3-14(4-6-15)11-25-7-9-30-10-8-25/h3-6,13H,7-12H2,1-2H3,(H,22,27). The van der Waals surface area contributed by atoms with E-state index in [1.165, 1.54) is 28.1 Å². The fourth-order valence-electron chi connectivity index (χ4n) is 3.58. The minimum atomic E-state index is -0.481.